The summed E-state index contributed by atoms with van der Waals surface area (Å²) in [6, 6.07) is 7.80. The SMILES string of the molecule is Cc1cccc(N)c1.F.F.F. The molecule has 4 heteroatoms. The van der Waals surface area contributed by atoms with Gasteiger partial charge >= 0.3 is 0 Å². The predicted octanol–water partition coefficient (Wildman–Crippen LogP) is 2.03. The third-order valence-electron chi connectivity index (χ3n) is 1.04. The molecule has 0 radical (unpaired) electrons. The molecule has 1 aromatic carbocycles. The minimum absolute atomic E-state index is 0. The Morgan fingerprint density at radius 2 is 1.64 bits per heavy atom. The number of hydrogen-bond donors (Lipinski definition) is 1. The minimum atomic E-state index is 0. The van der Waals surface area contributed by atoms with Gasteiger partial charge < -0.3 is 5.73 Å². The Balaban J connectivity index is -0.000000213. The highest BCUT2D eigenvalue weighted by atomic mass is 19.0. The van der Waals surface area contributed by atoms with Crippen LogP contribution in [0.3, 0.4) is 0 Å². The first-order valence-corrected chi connectivity index (χ1v) is 2.61. The zero-order chi connectivity index (χ0) is 5.98. The number of nitrogen functional groups attached to an aromatic ring is 1. The number of anilines is 1. The second kappa shape index (κ2) is 6.92. The Hall–Kier alpha value is -1.19. The third-order valence-corrected chi connectivity index (χ3v) is 1.04. The molecule has 0 unspecified atom stereocenters. The summed E-state index contributed by atoms with van der Waals surface area (Å²) in [7, 11) is 0. The van der Waals surface area contributed by atoms with Crippen LogP contribution in [0.25, 0.3) is 0 Å². The van der Waals surface area contributed by atoms with Gasteiger partial charge in [0.25, 0.3) is 0 Å². The van der Waals surface area contributed by atoms with Crippen molar-refractivity contribution in [2.75, 3.05) is 5.73 Å². The Morgan fingerprint density at radius 3 is 1.91 bits per heavy atom. The first kappa shape index (κ1) is 16.4. The van der Waals surface area contributed by atoms with E-state index in [1.165, 1.54) is 5.56 Å². The smallest absolute Gasteiger partial charge is 0.0316 e. The third kappa shape index (κ3) is 5.26. The van der Waals surface area contributed by atoms with Crippen LogP contribution in [0.4, 0.5) is 19.8 Å². The maximum absolute atomic E-state index is 5.46. The molecule has 0 fully saturated rings. The monoisotopic (exact) mass is 167 g/mol. The van der Waals surface area contributed by atoms with Crippen LogP contribution in [0.5, 0.6) is 0 Å². The highest BCUT2D eigenvalue weighted by Crippen LogP contribution is 2.03. The lowest BCUT2D eigenvalue weighted by atomic mass is 10.2. The summed E-state index contributed by atoms with van der Waals surface area (Å²) >= 11 is 0. The molecule has 0 amide bonds. The van der Waals surface area contributed by atoms with Crippen molar-refractivity contribution < 1.29 is 14.1 Å². The molecule has 0 aliphatic heterocycles. The van der Waals surface area contributed by atoms with Crippen molar-refractivity contribution in [2.45, 2.75) is 6.92 Å². The van der Waals surface area contributed by atoms with Crippen LogP contribution < -0.4 is 5.73 Å². The molecule has 0 heterocycles. The fraction of sp³-hybridized carbons (Fsp3) is 0.143. The van der Waals surface area contributed by atoms with E-state index in [2.05, 4.69) is 0 Å². The van der Waals surface area contributed by atoms with E-state index in [-0.39, 0.29) is 14.1 Å². The van der Waals surface area contributed by atoms with Crippen LogP contribution in [0.1, 0.15) is 5.56 Å². The Morgan fingerprint density at radius 1 is 1.09 bits per heavy atom. The van der Waals surface area contributed by atoms with Crippen molar-refractivity contribution in [3.63, 3.8) is 0 Å². The van der Waals surface area contributed by atoms with Gasteiger partial charge in [-0.15, -0.1) is 0 Å². The molecule has 0 saturated heterocycles. The second-order valence-electron chi connectivity index (χ2n) is 1.91. The van der Waals surface area contributed by atoms with E-state index in [0.29, 0.717) is 0 Å². The largest absolute Gasteiger partial charge is 0.399 e. The molecule has 2 N–H and O–H groups in total. The van der Waals surface area contributed by atoms with Gasteiger partial charge in [-0.1, -0.05) is 12.1 Å². The molecule has 1 aromatic rings. The van der Waals surface area contributed by atoms with Crippen molar-refractivity contribution in [3.05, 3.63) is 29.8 Å². The molecule has 11 heavy (non-hydrogen) atoms. The highest BCUT2D eigenvalue weighted by molar-refractivity contribution is 5.39. The molecule has 0 aromatic heterocycles. The summed E-state index contributed by atoms with van der Waals surface area (Å²) in [5.74, 6) is 0. The summed E-state index contributed by atoms with van der Waals surface area (Å²) in [4.78, 5) is 0. The van der Waals surface area contributed by atoms with Crippen molar-refractivity contribution >= 4 is 5.69 Å². The summed E-state index contributed by atoms with van der Waals surface area (Å²) < 4.78 is 0. The molecular formula is C7H12F3N. The Labute approximate surface area is 63.3 Å². The predicted molar refractivity (Wildman–Crippen MR) is 43.1 cm³/mol. The first-order valence-electron chi connectivity index (χ1n) is 2.61. The molecule has 66 valence electrons. The average Bonchev–Trinajstić information content (AvgIpc) is 1.64. The zero-order valence-electron chi connectivity index (χ0n) is 6.11. The Bertz CT molecular complexity index is 174. The normalized spacial score (nSPS) is 6.64. The number of aryl methyl sites for hydroxylation is 1. The van der Waals surface area contributed by atoms with Crippen LogP contribution in [0.2, 0.25) is 0 Å². The van der Waals surface area contributed by atoms with Gasteiger partial charge in [-0.3, -0.25) is 14.1 Å². The molecule has 1 rings (SSSR count). The maximum Gasteiger partial charge on any atom is 0.0316 e. The number of nitrogens with two attached hydrogens (primary N) is 1. The number of rotatable bonds is 0. The van der Waals surface area contributed by atoms with Gasteiger partial charge in [-0.2, -0.15) is 0 Å². The molecule has 0 saturated carbocycles. The zero-order valence-corrected chi connectivity index (χ0v) is 6.11. The van der Waals surface area contributed by atoms with Gasteiger partial charge in [0.1, 0.15) is 0 Å². The fourth-order valence-corrected chi connectivity index (χ4v) is 0.670. The van der Waals surface area contributed by atoms with Gasteiger partial charge in [-0.05, 0) is 24.6 Å². The van der Waals surface area contributed by atoms with Crippen molar-refractivity contribution in [1.82, 2.24) is 0 Å². The van der Waals surface area contributed by atoms with Crippen molar-refractivity contribution in [2.24, 2.45) is 0 Å². The number of hydrogen-bond acceptors (Lipinski definition) is 1. The van der Waals surface area contributed by atoms with E-state index in [9.17, 15) is 0 Å². The molecule has 0 aliphatic carbocycles. The van der Waals surface area contributed by atoms with Crippen LogP contribution in [-0.2, 0) is 0 Å². The minimum Gasteiger partial charge on any atom is -0.399 e. The Kier molecular flexibility index (Phi) is 10.3. The molecule has 1 nitrogen and oxygen atoms in total. The topological polar surface area (TPSA) is 26.0 Å². The van der Waals surface area contributed by atoms with E-state index in [0.717, 1.165) is 5.69 Å². The summed E-state index contributed by atoms with van der Waals surface area (Å²) in [5.41, 5.74) is 7.51. The van der Waals surface area contributed by atoms with E-state index >= 15 is 0 Å². The first-order chi connectivity index (χ1) is 3.79. The number of halogens is 3. The average molecular weight is 167 g/mol. The molecule has 0 aliphatic rings. The fourth-order valence-electron chi connectivity index (χ4n) is 0.670. The summed E-state index contributed by atoms with van der Waals surface area (Å²) in [6.45, 7) is 2.02. The van der Waals surface area contributed by atoms with Crippen LogP contribution in [0, 0.1) is 6.92 Å². The van der Waals surface area contributed by atoms with E-state index in [1.807, 2.05) is 31.2 Å². The van der Waals surface area contributed by atoms with Gasteiger partial charge in [0.15, 0.2) is 0 Å². The molecule has 0 atom stereocenters. The lowest BCUT2D eigenvalue weighted by Crippen LogP contribution is -1.82. The van der Waals surface area contributed by atoms with Crippen LogP contribution in [-0.4, -0.2) is 0 Å². The van der Waals surface area contributed by atoms with Gasteiger partial charge in [0, 0.05) is 5.69 Å². The van der Waals surface area contributed by atoms with Crippen molar-refractivity contribution in [3.8, 4) is 0 Å². The van der Waals surface area contributed by atoms with Crippen molar-refractivity contribution in [1.29, 1.82) is 0 Å². The second-order valence-corrected chi connectivity index (χ2v) is 1.91. The van der Waals surface area contributed by atoms with Crippen LogP contribution in [0.15, 0.2) is 24.3 Å². The quantitative estimate of drug-likeness (QED) is 0.588. The highest BCUT2D eigenvalue weighted by Gasteiger charge is 1.81. The molecule has 0 spiro atoms. The standard InChI is InChI=1S/C7H9N.3FH/c1-6-3-2-4-7(8)5-6;;;/h2-5H,8H2,1H3;3*1H. The lowest BCUT2D eigenvalue weighted by molar-refractivity contribution is 1.11. The lowest BCUT2D eigenvalue weighted by Gasteiger charge is -1.91. The van der Waals surface area contributed by atoms with Gasteiger partial charge in [0.2, 0.25) is 0 Å². The molecular weight excluding hydrogens is 155 g/mol. The van der Waals surface area contributed by atoms with E-state index in [1.54, 1.807) is 0 Å². The number of benzene rings is 1. The molecule has 0 bridgehead atoms. The maximum atomic E-state index is 5.46. The summed E-state index contributed by atoms with van der Waals surface area (Å²) in [6.07, 6.45) is 0. The van der Waals surface area contributed by atoms with Gasteiger partial charge in [0.05, 0.1) is 0 Å². The van der Waals surface area contributed by atoms with E-state index < -0.39 is 0 Å². The van der Waals surface area contributed by atoms with E-state index in [4.69, 9.17) is 5.73 Å². The van der Waals surface area contributed by atoms with Gasteiger partial charge in [-0.25, -0.2) is 0 Å². The summed E-state index contributed by atoms with van der Waals surface area (Å²) in [5, 5.41) is 0. The van der Waals surface area contributed by atoms with Crippen LogP contribution >= 0.6 is 0 Å².